The highest BCUT2D eigenvalue weighted by Gasteiger charge is 2.16. The van der Waals surface area contributed by atoms with Gasteiger partial charge < -0.3 is 5.32 Å². The number of nitro groups is 1. The van der Waals surface area contributed by atoms with E-state index in [0.717, 1.165) is 12.5 Å². The molecule has 2 aromatic rings. The van der Waals surface area contributed by atoms with Gasteiger partial charge in [-0.15, -0.1) is 0 Å². The van der Waals surface area contributed by atoms with Gasteiger partial charge in [0.2, 0.25) is 0 Å². The lowest BCUT2D eigenvalue weighted by atomic mass is 10.1. The average molecular weight is 278 g/mol. The van der Waals surface area contributed by atoms with Gasteiger partial charge in [0.25, 0.3) is 5.69 Å². The Morgan fingerprint density at radius 3 is 2.95 bits per heavy atom. The van der Waals surface area contributed by atoms with Crippen LogP contribution in [0, 0.1) is 22.9 Å². The van der Waals surface area contributed by atoms with Gasteiger partial charge in [-0.05, 0) is 31.0 Å². The molecule has 0 saturated heterocycles. The fraction of sp³-hybridized carbons (Fsp3) is 0.308. The molecular weight excluding hydrogens is 263 g/mol. The summed E-state index contributed by atoms with van der Waals surface area (Å²) in [7, 11) is 0. The fourth-order valence-corrected chi connectivity index (χ4v) is 1.86. The number of benzene rings is 1. The molecule has 0 saturated carbocycles. The molecule has 0 radical (unpaired) electrons. The normalized spacial score (nSPS) is 10.5. The first-order valence-corrected chi connectivity index (χ1v) is 6.24. The van der Waals surface area contributed by atoms with Crippen LogP contribution in [0.25, 0.3) is 0 Å². The third-order valence-corrected chi connectivity index (χ3v) is 2.91. The number of hydrogen-bond acceptors (Lipinski definition) is 4. The van der Waals surface area contributed by atoms with Crippen molar-refractivity contribution in [1.82, 2.24) is 9.78 Å². The van der Waals surface area contributed by atoms with E-state index in [1.54, 1.807) is 17.8 Å². The van der Waals surface area contributed by atoms with E-state index in [-0.39, 0.29) is 5.69 Å². The number of aromatic nitrogens is 2. The molecule has 0 fully saturated rings. The average Bonchev–Trinajstić information content (AvgIpc) is 2.91. The number of aryl methyl sites for hydroxylation is 2. The lowest BCUT2D eigenvalue weighted by Gasteiger charge is -2.08. The highest BCUT2D eigenvalue weighted by molar-refractivity contribution is 5.63. The Balaban J connectivity index is 1.98. The van der Waals surface area contributed by atoms with Gasteiger partial charge in [-0.2, -0.15) is 5.10 Å². The molecule has 106 valence electrons. The molecule has 0 bridgehead atoms. The van der Waals surface area contributed by atoms with Crippen LogP contribution in [-0.2, 0) is 6.54 Å². The number of halogens is 1. The van der Waals surface area contributed by atoms with Gasteiger partial charge in [0.1, 0.15) is 11.5 Å². The van der Waals surface area contributed by atoms with E-state index < -0.39 is 10.7 Å². The van der Waals surface area contributed by atoms with Crippen molar-refractivity contribution in [3.8, 4) is 0 Å². The number of anilines is 1. The quantitative estimate of drug-likeness (QED) is 0.501. The summed E-state index contributed by atoms with van der Waals surface area (Å²) in [6.45, 7) is 2.84. The molecule has 1 aromatic heterocycles. The number of nitro benzene ring substituents is 1. The number of hydrogen-bond donors (Lipinski definition) is 1. The van der Waals surface area contributed by atoms with Gasteiger partial charge in [0, 0.05) is 25.5 Å². The minimum atomic E-state index is -0.585. The molecule has 1 N–H and O–H groups in total. The Hall–Kier alpha value is -2.44. The largest absolute Gasteiger partial charge is 0.379 e. The Kier molecular flexibility index (Phi) is 4.29. The molecule has 2 rings (SSSR count). The topological polar surface area (TPSA) is 73.0 Å². The van der Waals surface area contributed by atoms with Gasteiger partial charge in [0.15, 0.2) is 0 Å². The van der Waals surface area contributed by atoms with Gasteiger partial charge in [-0.3, -0.25) is 14.8 Å². The zero-order chi connectivity index (χ0) is 14.5. The minimum absolute atomic E-state index is 0.243. The van der Waals surface area contributed by atoms with Crippen molar-refractivity contribution in [3.05, 3.63) is 52.1 Å². The summed E-state index contributed by atoms with van der Waals surface area (Å²) in [5, 5.41) is 17.9. The van der Waals surface area contributed by atoms with E-state index in [2.05, 4.69) is 10.4 Å². The number of rotatable bonds is 6. The maximum absolute atomic E-state index is 13.3. The molecule has 20 heavy (non-hydrogen) atoms. The zero-order valence-corrected chi connectivity index (χ0v) is 11.0. The van der Waals surface area contributed by atoms with Gasteiger partial charge in [-0.25, -0.2) is 4.39 Å². The third-order valence-electron chi connectivity index (χ3n) is 2.91. The van der Waals surface area contributed by atoms with Crippen molar-refractivity contribution in [2.24, 2.45) is 0 Å². The molecular formula is C13H15FN4O2. The van der Waals surface area contributed by atoms with E-state index in [1.165, 1.54) is 6.07 Å². The number of nitrogens with zero attached hydrogens (tertiary/aromatic N) is 3. The van der Waals surface area contributed by atoms with Crippen LogP contribution in [-0.4, -0.2) is 21.2 Å². The molecule has 1 heterocycles. The summed E-state index contributed by atoms with van der Waals surface area (Å²) in [5.41, 5.74) is 0.478. The van der Waals surface area contributed by atoms with Crippen LogP contribution < -0.4 is 5.32 Å². The van der Waals surface area contributed by atoms with Crippen LogP contribution in [0.1, 0.15) is 12.0 Å². The second-order valence-corrected chi connectivity index (χ2v) is 4.43. The van der Waals surface area contributed by atoms with Crippen LogP contribution in [0.3, 0.4) is 0 Å². The molecule has 7 heteroatoms. The summed E-state index contributed by atoms with van der Waals surface area (Å²) >= 11 is 0. The van der Waals surface area contributed by atoms with E-state index in [0.29, 0.717) is 24.3 Å². The molecule has 0 unspecified atom stereocenters. The Morgan fingerprint density at radius 2 is 2.30 bits per heavy atom. The molecule has 0 spiro atoms. The van der Waals surface area contributed by atoms with Crippen molar-refractivity contribution in [3.63, 3.8) is 0 Å². The SMILES string of the molecule is Cc1cc(NCCCn2cccn2)c([N+](=O)[O-])cc1F. The van der Waals surface area contributed by atoms with Crippen LogP contribution in [0.2, 0.25) is 0 Å². The highest BCUT2D eigenvalue weighted by Crippen LogP contribution is 2.27. The van der Waals surface area contributed by atoms with E-state index >= 15 is 0 Å². The molecule has 0 atom stereocenters. The van der Waals surface area contributed by atoms with E-state index in [9.17, 15) is 14.5 Å². The summed E-state index contributed by atoms with van der Waals surface area (Å²) < 4.78 is 15.1. The summed E-state index contributed by atoms with van der Waals surface area (Å²) in [6.07, 6.45) is 4.31. The Morgan fingerprint density at radius 1 is 1.50 bits per heavy atom. The van der Waals surface area contributed by atoms with Crippen LogP contribution >= 0.6 is 0 Å². The van der Waals surface area contributed by atoms with Crippen molar-refractivity contribution in [2.45, 2.75) is 19.9 Å². The fourth-order valence-electron chi connectivity index (χ4n) is 1.86. The van der Waals surface area contributed by atoms with Crippen LogP contribution in [0.4, 0.5) is 15.8 Å². The maximum Gasteiger partial charge on any atom is 0.295 e. The summed E-state index contributed by atoms with van der Waals surface area (Å²) in [4.78, 5) is 10.3. The molecule has 6 nitrogen and oxygen atoms in total. The van der Waals surface area contributed by atoms with Gasteiger partial charge >= 0.3 is 0 Å². The summed E-state index contributed by atoms with van der Waals surface area (Å²) in [5.74, 6) is -0.571. The monoisotopic (exact) mass is 278 g/mol. The molecule has 0 aliphatic rings. The maximum atomic E-state index is 13.3. The second kappa shape index (κ2) is 6.14. The zero-order valence-electron chi connectivity index (χ0n) is 11.0. The van der Waals surface area contributed by atoms with Gasteiger partial charge in [-0.1, -0.05) is 0 Å². The second-order valence-electron chi connectivity index (χ2n) is 4.43. The van der Waals surface area contributed by atoms with Crippen molar-refractivity contribution in [2.75, 3.05) is 11.9 Å². The first-order chi connectivity index (χ1) is 9.58. The Bertz CT molecular complexity index is 599. The molecule has 0 aliphatic carbocycles. The van der Waals surface area contributed by atoms with Crippen molar-refractivity contribution in [1.29, 1.82) is 0 Å². The van der Waals surface area contributed by atoms with Crippen molar-refractivity contribution >= 4 is 11.4 Å². The standard InChI is InChI=1S/C13H15FN4O2/c1-10-8-12(13(18(19)20)9-11(10)14)15-4-2-6-17-7-3-5-16-17/h3,5,7-9,15H,2,4,6H2,1H3. The lowest BCUT2D eigenvalue weighted by Crippen LogP contribution is -2.09. The third kappa shape index (κ3) is 3.31. The first kappa shape index (κ1) is 14.0. The van der Waals surface area contributed by atoms with Crippen LogP contribution in [0.5, 0.6) is 0 Å². The Labute approximate surface area is 115 Å². The summed E-state index contributed by atoms with van der Waals surface area (Å²) in [6, 6.07) is 4.24. The van der Waals surface area contributed by atoms with E-state index in [4.69, 9.17) is 0 Å². The van der Waals surface area contributed by atoms with Gasteiger partial charge in [0.05, 0.1) is 11.0 Å². The predicted octanol–water partition coefficient (Wildman–Crippen LogP) is 2.74. The van der Waals surface area contributed by atoms with Crippen molar-refractivity contribution < 1.29 is 9.31 Å². The highest BCUT2D eigenvalue weighted by atomic mass is 19.1. The molecule has 0 aliphatic heterocycles. The first-order valence-electron chi connectivity index (χ1n) is 6.24. The predicted molar refractivity (Wildman–Crippen MR) is 73.1 cm³/mol. The molecule has 1 aromatic carbocycles. The van der Waals surface area contributed by atoms with E-state index in [1.807, 2.05) is 12.3 Å². The smallest absolute Gasteiger partial charge is 0.295 e. The number of nitrogens with one attached hydrogen (secondary N) is 1. The lowest BCUT2D eigenvalue weighted by molar-refractivity contribution is -0.384. The molecule has 0 amide bonds. The minimum Gasteiger partial charge on any atom is -0.379 e. The van der Waals surface area contributed by atoms with Crippen LogP contribution in [0.15, 0.2) is 30.6 Å².